The third-order valence-corrected chi connectivity index (χ3v) is 3.91. The summed E-state index contributed by atoms with van der Waals surface area (Å²) >= 11 is 0. The number of phenols is 1. The highest BCUT2D eigenvalue weighted by Crippen LogP contribution is 2.41. The van der Waals surface area contributed by atoms with E-state index in [4.69, 9.17) is 5.39 Å². The summed E-state index contributed by atoms with van der Waals surface area (Å²) in [5.74, 6) is -1.03. The number of hydrogen-bond donors (Lipinski definition) is 1. The Kier molecular flexibility index (Phi) is 3.26. The summed E-state index contributed by atoms with van der Waals surface area (Å²) in [6.07, 6.45) is 1.58. The van der Waals surface area contributed by atoms with Crippen LogP contribution in [0, 0.1) is 5.39 Å². The molecule has 0 aromatic heterocycles. The number of hydrogen-bond acceptors (Lipinski definition) is 4. The third-order valence-electron chi connectivity index (χ3n) is 3.91. The van der Waals surface area contributed by atoms with Gasteiger partial charge in [0.15, 0.2) is 4.98 Å². The molecule has 1 aliphatic heterocycles. The van der Waals surface area contributed by atoms with Gasteiger partial charge < -0.3 is 5.11 Å². The smallest absolute Gasteiger partial charge is 0.427 e. The Balaban J connectivity index is 2.31. The highest BCUT2D eigenvalue weighted by Gasteiger charge is 2.35. The molecule has 22 heavy (non-hydrogen) atoms. The lowest BCUT2D eigenvalue weighted by atomic mass is 9.92. The van der Waals surface area contributed by atoms with Gasteiger partial charge in [-0.25, -0.2) is 0 Å². The van der Waals surface area contributed by atoms with Crippen molar-refractivity contribution in [1.82, 2.24) is 4.90 Å². The number of benzene rings is 2. The van der Waals surface area contributed by atoms with Gasteiger partial charge in [-0.2, -0.15) is 0 Å². The molecular weight excluding hydrogens is 282 g/mol. The summed E-state index contributed by atoms with van der Waals surface area (Å²) in [6, 6.07) is 6.17. The van der Waals surface area contributed by atoms with Gasteiger partial charge in [-0.3, -0.25) is 14.5 Å². The van der Waals surface area contributed by atoms with Crippen LogP contribution in [0.4, 0.5) is 5.69 Å². The van der Waals surface area contributed by atoms with Crippen LogP contribution < -0.4 is 0 Å². The van der Waals surface area contributed by atoms with E-state index < -0.39 is 5.91 Å². The summed E-state index contributed by atoms with van der Waals surface area (Å²) in [5, 5.41) is 19.9. The SMILES string of the molecule is CCCCN1C(=O)c2cccc3c(O)c([N+]#N)cc(c23)C1=O. The Bertz CT molecular complexity index is 852. The highest BCUT2D eigenvalue weighted by molar-refractivity contribution is 6.26. The van der Waals surface area contributed by atoms with Crippen molar-refractivity contribution < 1.29 is 14.7 Å². The van der Waals surface area contributed by atoms with E-state index in [1.807, 2.05) is 6.92 Å². The molecule has 0 radical (unpaired) electrons. The molecule has 1 N–H and O–H groups in total. The van der Waals surface area contributed by atoms with Crippen LogP contribution in [0.2, 0.25) is 0 Å². The lowest BCUT2D eigenvalue weighted by Gasteiger charge is -2.26. The Hall–Kier alpha value is -2.94. The van der Waals surface area contributed by atoms with Crippen LogP contribution in [0.1, 0.15) is 40.5 Å². The number of carbonyl (C=O) groups is 2. The third kappa shape index (κ3) is 1.83. The molecule has 0 spiro atoms. The molecule has 6 heteroatoms. The Morgan fingerprint density at radius 1 is 1.23 bits per heavy atom. The van der Waals surface area contributed by atoms with E-state index in [0.29, 0.717) is 22.9 Å². The molecular formula is C16H14N3O3+. The van der Waals surface area contributed by atoms with E-state index in [-0.39, 0.29) is 22.9 Å². The number of phenolic OH excluding ortho intramolecular Hbond substituents is 1. The fraction of sp³-hybridized carbons (Fsp3) is 0.250. The fourth-order valence-electron chi connectivity index (χ4n) is 2.78. The highest BCUT2D eigenvalue weighted by atomic mass is 16.3. The maximum absolute atomic E-state index is 12.6. The van der Waals surface area contributed by atoms with Gasteiger partial charge in [0.25, 0.3) is 11.8 Å². The van der Waals surface area contributed by atoms with Crippen LogP contribution in [0.25, 0.3) is 15.7 Å². The van der Waals surface area contributed by atoms with Gasteiger partial charge in [0.05, 0.1) is 11.6 Å². The van der Waals surface area contributed by atoms with Crippen molar-refractivity contribution in [2.45, 2.75) is 19.8 Å². The number of amides is 2. The first-order valence-electron chi connectivity index (χ1n) is 7.10. The van der Waals surface area contributed by atoms with Gasteiger partial charge in [-0.15, -0.1) is 0 Å². The number of unbranched alkanes of at least 4 members (excludes halogenated alkanes) is 1. The topological polar surface area (TPSA) is 85.8 Å². The molecule has 2 aromatic rings. The molecule has 3 rings (SSSR count). The first kappa shape index (κ1) is 14.0. The summed E-state index contributed by atoms with van der Waals surface area (Å²) in [6.45, 7) is 2.32. The van der Waals surface area contributed by atoms with E-state index in [0.717, 1.165) is 12.8 Å². The average Bonchev–Trinajstić information content (AvgIpc) is 2.54. The summed E-state index contributed by atoms with van der Waals surface area (Å²) in [4.78, 5) is 29.4. The number of nitrogens with zero attached hydrogens (tertiary/aromatic N) is 3. The average molecular weight is 296 g/mol. The van der Waals surface area contributed by atoms with E-state index in [1.165, 1.54) is 11.0 Å². The van der Waals surface area contributed by atoms with Gasteiger partial charge in [0.2, 0.25) is 11.1 Å². The molecule has 2 amide bonds. The minimum absolute atomic E-state index is 0.0854. The molecule has 110 valence electrons. The molecule has 6 nitrogen and oxygen atoms in total. The van der Waals surface area contributed by atoms with Gasteiger partial charge in [0.1, 0.15) is 0 Å². The van der Waals surface area contributed by atoms with Crippen molar-refractivity contribution in [3.63, 3.8) is 0 Å². The number of aromatic hydroxyl groups is 1. The second kappa shape index (κ2) is 5.11. The number of imide groups is 1. The van der Waals surface area contributed by atoms with E-state index in [9.17, 15) is 14.7 Å². The molecule has 0 aliphatic carbocycles. The Morgan fingerprint density at radius 3 is 2.64 bits per heavy atom. The predicted octanol–water partition coefficient (Wildman–Crippen LogP) is 3.43. The standard InChI is InChI=1S/C16H13N3O3/c1-2-3-7-19-15(21)10-6-4-5-9-13(10)11(16(19)22)8-12(18-17)14(9)20/h4-6,8H,2-3,7H2,1H3/p+1. The van der Waals surface area contributed by atoms with Crippen LogP contribution in [0.3, 0.4) is 0 Å². The summed E-state index contributed by atoms with van der Waals surface area (Å²) in [5.41, 5.74) is 0.563. The zero-order valence-corrected chi connectivity index (χ0v) is 12.0. The Labute approximate surface area is 126 Å². The predicted molar refractivity (Wildman–Crippen MR) is 80.6 cm³/mol. The number of rotatable bonds is 3. The van der Waals surface area contributed by atoms with Crippen molar-refractivity contribution in [3.8, 4) is 5.75 Å². The van der Waals surface area contributed by atoms with E-state index in [1.54, 1.807) is 18.2 Å². The van der Waals surface area contributed by atoms with Gasteiger partial charge in [0, 0.05) is 22.9 Å². The van der Waals surface area contributed by atoms with Crippen LogP contribution in [-0.2, 0) is 0 Å². The molecule has 1 heterocycles. The maximum Gasteiger partial charge on any atom is 0.427 e. The monoisotopic (exact) mass is 296 g/mol. The molecule has 0 fully saturated rings. The number of diazo groups is 1. The largest absolute Gasteiger partial charge is 0.501 e. The van der Waals surface area contributed by atoms with Crippen molar-refractivity contribution >= 4 is 28.3 Å². The molecule has 0 saturated heterocycles. The second-order valence-corrected chi connectivity index (χ2v) is 5.24. The normalized spacial score (nSPS) is 13.5. The van der Waals surface area contributed by atoms with Gasteiger partial charge >= 0.3 is 5.69 Å². The van der Waals surface area contributed by atoms with Crippen LogP contribution in [0.15, 0.2) is 24.3 Å². The van der Waals surface area contributed by atoms with E-state index in [2.05, 4.69) is 4.98 Å². The summed E-state index contributed by atoms with van der Waals surface area (Å²) < 4.78 is 0. The molecule has 1 aliphatic rings. The first-order valence-corrected chi connectivity index (χ1v) is 7.10. The Morgan fingerprint density at radius 2 is 1.95 bits per heavy atom. The first-order chi connectivity index (χ1) is 10.6. The molecule has 0 bridgehead atoms. The van der Waals surface area contributed by atoms with Crippen LogP contribution >= 0.6 is 0 Å². The van der Waals surface area contributed by atoms with Crippen molar-refractivity contribution in [1.29, 1.82) is 5.39 Å². The minimum atomic E-state index is -0.424. The number of carbonyl (C=O) groups excluding carboxylic acids is 2. The quantitative estimate of drug-likeness (QED) is 0.694. The van der Waals surface area contributed by atoms with Crippen molar-refractivity contribution in [2.75, 3.05) is 6.54 Å². The summed E-state index contributed by atoms with van der Waals surface area (Å²) in [7, 11) is 0. The fourth-order valence-corrected chi connectivity index (χ4v) is 2.78. The van der Waals surface area contributed by atoms with Gasteiger partial charge in [-0.1, -0.05) is 25.5 Å². The molecule has 0 saturated carbocycles. The second-order valence-electron chi connectivity index (χ2n) is 5.24. The zero-order chi connectivity index (χ0) is 15.9. The minimum Gasteiger partial charge on any atom is -0.501 e. The van der Waals surface area contributed by atoms with E-state index >= 15 is 0 Å². The lowest BCUT2D eigenvalue weighted by molar-refractivity contribution is 0.0608. The van der Waals surface area contributed by atoms with Gasteiger partial charge in [-0.05, 0) is 12.5 Å². The van der Waals surface area contributed by atoms with Crippen molar-refractivity contribution in [3.05, 3.63) is 40.4 Å². The van der Waals surface area contributed by atoms with Crippen LogP contribution in [-0.4, -0.2) is 28.4 Å². The molecule has 0 atom stereocenters. The maximum atomic E-state index is 12.6. The zero-order valence-electron chi connectivity index (χ0n) is 12.0. The molecule has 0 unspecified atom stereocenters. The lowest BCUT2D eigenvalue weighted by Crippen LogP contribution is -2.40. The van der Waals surface area contributed by atoms with Crippen LogP contribution in [0.5, 0.6) is 5.75 Å². The van der Waals surface area contributed by atoms with Crippen molar-refractivity contribution in [2.24, 2.45) is 0 Å². The molecule has 2 aromatic carbocycles.